The molecular formula is C15H8ClFN2O3. The van der Waals surface area contributed by atoms with Gasteiger partial charge in [-0.2, -0.15) is 5.26 Å². The van der Waals surface area contributed by atoms with Gasteiger partial charge in [0.05, 0.1) is 21.6 Å². The maximum Gasteiger partial charge on any atom is 0.270 e. The van der Waals surface area contributed by atoms with Gasteiger partial charge in [-0.25, -0.2) is 4.39 Å². The number of non-ortho nitro benzene ring substituents is 1. The third kappa shape index (κ3) is 3.27. The molecule has 0 heterocycles. The molecule has 2 aromatic rings. The Labute approximate surface area is 129 Å². The SMILES string of the molecule is N#Cc1ccc(CC(=O)c2cc([N+](=O)[O-])ccc2Cl)c(F)c1. The first-order chi connectivity index (χ1) is 10.4. The zero-order valence-electron chi connectivity index (χ0n) is 11.0. The molecule has 0 aliphatic heterocycles. The summed E-state index contributed by atoms with van der Waals surface area (Å²) in [6, 6.07) is 9.03. The van der Waals surface area contributed by atoms with E-state index in [0.29, 0.717) is 0 Å². The minimum atomic E-state index is -0.686. The van der Waals surface area contributed by atoms with Gasteiger partial charge in [0.1, 0.15) is 5.82 Å². The number of carbonyl (C=O) groups excluding carboxylic acids is 1. The number of hydrogen-bond donors (Lipinski definition) is 0. The number of nitro benzene ring substituents is 1. The van der Waals surface area contributed by atoms with Crippen molar-refractivity contribution in [2.24, 2.45) is 0 Å². The predicted molar refractivity (Wildman–Crippen MR) is 77.3 cm³/mol. The molecule has 0 spiro atoms. The summed E-state index contributed by atoms with van der Waals surface area (Å²) in [4.78, 5) is 22.3. The Balaban J connectivity index is 2.32. The van der Waals surface area contributed by atoms with Crippen LogP contribution in [0.2, 0.25) is 5.02 Å². The quantitative estimate of drug-likeness (QED) is 0.489. The van der Waals surface area contributed by atoms with E-state index < -0.39 is 16.5 Å². The van der Waals surface area contributed by atoms with Crippen LogP contribution in [-0.4, -0.2) is 10.7 Å². The van der Waals surface area contributed by atoms with Crippen molar-refractivity contribution in [3.63, 3.8) is 0 Å². The first-order valence-electron chi connectivity index (χ1n) is 6.08. The lowest BCUT2D eigenvalue weighted by molar-refractivity contribution is -0.384. The van der Waals surface area contributed by atoms with Gasteiger partial charge in [0.2, 0.25) is 0 Å². The van der Waals surface area contributed by atoms with E-state index in [1.54, 1.807) is 6.07 Å². The van der Waals surface area contributed by atoms with Gasteiger partial charge in [0.25, 0.3) is 5.69 Å². The lowest BCUT2D eigenvalue weighted by Crippen LogP contribution is -2.07. The maximum atomic E-state index is 13.8. The molecule has 2 aromatic carbocycles. The second-order valence-electron chi connectivity index (χ2n) is 4.44. The van der Waals surface area contributed by atoms with E-state index >= 15 is 0 Å². The number of hydrogen-bond acceptors (Lipinski definition) is 4. The monoisotopic (exact) mass is 318 g/mol. The van der Waals surface area contributed by atoms with Crippen LogP contribution in [0.25, 0.3) is 0 Å². The number of rotatable bonds is 4. The second kappa shape index (κ2) is 6.33. The summed E-state index contributed by atoms with van der Waals surface area (Å²) in [5.74, 6) is -1.23. The van der Waals surface area contributed by atoms with Crippen LogP contribution in [0.3, 0.4) is 0 Å². The number of nitriles is 1. The molecule has 0 fully saturated rings. The minimum Gasteiger partial charge on any atom is -0.294 e. The van der Waals surface area contributed by atoms with E-state index in [-0.39, 0.29) is 33.8 Å². The molecule has 5 nitrogen and oxygen atoms in total. The van der Waals surface area contributed by atoms with Crippen molar-refractivity contribution in [3.8, 4) is 6.07 Å². The summed E-state index contributed by atoms with van der Waals surface area (Å²) in [6.07, 6.45) is -0.307. The molecule has 0 aliphatic rings. The fraction of sp³-hybridized carbons (Fsp3) is 0.0667. The first kappa shape index (κ1) is 15.6. The van der Waals surface area contributed by atoms with Crippen LogP contribution in [0.4, 0.5) is 10.1 Å². The van der Waals surface area contributed by atoms with Crippen LogP contribution in [-0.2, 0) is 6.42 Å². The zero-order chi connectivity index (χ0) is 16.3. The molecule has 0 atom stereocenters. The Morgan fingerprint density at radius 3 is 2.64 bits per heavy atom. The summed E-state index contributed by atoms with van der Waals surface area (Å²) in [5, 5.41) is 19.5. The van der Waals surface area contributed by atoms with Gasteiger partial charge in [-0.15, -0.1) is 0 Å². The van der Waals surface area contributed by atoms with E-state index in [0.717, 1.165) is 12.1 Å². The molecular weight excluding hydrogens is 311 g/mol. The number of nitro groups is 1. The highest BCUT2D eigenvalue weighted by atomic mass is 35.5. The van der Waals surface area contributed by atoms with Crippen LogP contribution < -0.4 is 0 Å². The second-order valence-corrected chi connectivity index (χ2v) is 4.85. The summed E-state index contributed by atoms with van der Waals surface area (Å²) < 4.78 is 13.8. The first-order valence-corrected chi connectivity index (χ1v) is 6.46. The van der Waals surface area contributed by atoms with Crippen LogP contribution in [0, 0.1) is 27.3 Å². The summed E-state index contributed by atoms with van der Waals surface area (Å²) in [6.45, 7) is 0. The molecule has 7 heteroatoms. The Morgan fingerprint density at radius 2 is 2.05 bits per heavy atom. The van der Waals surface area contributed by atoms with Gasteiger partial charge in [-0.1, -0.05) is 17.7 Å². The van der Waals surface area contributed by atoms with Crippen molar-refractivity contribution in [2.75, 3.05) is 0 Å². The molecule has 0 saturated carbocycles. The largest absolute Gasteiger partial charge is 0.294 e. The van der Waals surface area contributed by atoms with Crippen LogP contribution in [0.5, 0.6) is 0 Å². The summed E-state index contributed by atoms with van der Waals surface area (Å²) in [5.41, 5.74) is -0.0821. The molecule has 0 N–H and O–H groups in total. The lowest BCUT2D eigenvalue weighted by atomic mass is 10.0. The minimum absolute atomic E-state index is 0.0420. The van der Waals surface area contributed by atoms with Crippen molar-refractivity contribution in [1.29, 1.82) is 5.26 Å². The maximum absolute atomic E-state index is 13.8. The van der Waals surface area contributed by atoms with Crippen molar-refractivity contribution < 1.29 is 14.1 Å². The average molecular weight is 319 g/mol. The van der Waals surface area contributed by atoms with Gasteiger partial charge in [0.15, 0.2) is 5.78 Å². The standard InChI is InChI=1S/C15H8ClFN2O3/c16-13-4-3-11(19(21)22)7-12(13)15(20)6-10-2-1-9(8-18)5-14(10)17/h1-5,7H,6H2. The number of ketones is 1. The van der Waals surface area contributed by atoms with Crippen LogP contribution >= 0.6 is 11.6 Å². The molecule has 0 aromatic heterocycles. The highest BCUT2D eigenvalue weighted by Crippen LogP contribution is 2.24. The van der Waals surface area contributed by atoms with Crippen LogP contribution in [0.1, 0.15) is 21.5 Å². The number of nitrogens with zero attached hydrogens (tertiary/aromatic N) is 2. The fourth-order valence-corrected chi connectivity index (χ4v) is 2.09. The molecule has 110 valence electrons. The van der Waals surface area contributed by atoms with Crippen molar-refractivity contribution >= 4 is 23.1 Å². The number of benzene rings is 2. The highest BCUT2D eigenvalue weighted by Gasteiger charge is 2.17. The van der Waals surface area contributed by atoms with Gasteiger partial charge < -0.3 is 0 Å². The van der Waals surface area contributed by atoms with Gasteiger partial charge >= 0.3 is 0 Å². The number of Topliss-reactive ketones (excluding diaryl/α,β-unsaturated/α-hetero) is 1. The Bertz CT molecular complexity index is 815. The van der Waals surface area contributed by atoms with E-state index in [1.807, 2.05) is 0 Å². The predicted octanol–water partition coefficient (Wildman–Crippen LogP) is 3.68. The molecule has 0 aliphatic carbocycles. The molecule has 22 heavy (non-hydrogen) atoms. The zero-order valence-corrected chi connectivity index (χ0v) is 11.8. The molecule has 0 saturated heterocycles. The van der Waals surface area contributed by atoms with Gasteiger partial charge in [-0.3, -0.25) is 14.9 Å². The van der Waals surface area contributed by atoms with Gasteiger partial charge in [0, 0.05) is 24.1 Å². The molecule has 0 unspecified atom stereocenters. The van der Waals surface area contributed by atoms with Crippen molar-refractivity contribution in [1.82, 2.24) is 0 Å². The molecule has 0 radical (unpaired) electrons. The smallest absolute Gasteiger partial charge is 0.270 e. The number of halogens is 2. The van der Waals surface area contributed by atoms with E-state index in [2.05, 4.69) is 0 Å². The number of carbonyl (C=O) groups is 1. The lowest BCUT2D eigenvalue weighted by Gasteiger charge is -2.05. The topological polar surface area (TPSA) is 84.0 Å². The molecule has 2 rings (SSSR count). The van der Waals surface area contributed by atoms with Crippen molar-refractivity contribution in [3.05, 3.63) is 74.0 Å². The van der Waals surface area contributed by atoms with Crippen LogP contribution in [0.15, 0.2) is 36.4 Å². The fourth-order valence-electron chi connectivity index (χ4n) is 1.87. The third-order valence-electron chi connectivity index (χ3n) is 2.99. The normalized spacial score (nSPS) is 10.0. The highest BCUT2D eigenvalue weighted by molar-refractivity contribution is 6.34. The molecule has 0 amide bonds. The van der Waals surface area contributed by atoms with Gasteiger partial charge in [-0.05, 0) is 23.8 Å². The summed E-state index contributed by atoms with van der Waals surface area (Å²) >= 11 is 5.87. The average Bonchev–Trinajstić information content (AvgIpc) is 2.49. The van der Waals surface area contributed by atoms with E-state index in [4.69, 9.17) is 16.9 Å². The van der Waals surface area contributed by atoms with E-state index in [9.17, 15) is 19.3 Å². The Kier molecular flexibility index (Phi) is 4.49. The van der Waals surface area contributed by atoms with Crippen molar-refractivity contribution in [2.45, 2.75) is 6.42 Å². The summed E-state index contributed by atoms with van der Waals surface area (Å²) in [7, 11) is 0. The molecule has 0 bridgehead atoms. The van der Waals surface area contributed by atoms with E-state index in [1.165, 1.54) is 24.3 Å². The third-order valence-corrected chi connectivity index (χ3v) is 3.32. The Hall–Kier alpha value is -2.78. The Morgan fingerprint density at radius 1 is 1.32 bits per heavy atom.